The quantitative estimate of drug-likeness (QED) is 0.792. The Hall–Kier alpha value is -2.11. The summed E-state index contributed by atoms with van der Waals surface area (Å²) in [4.78, 5) is 29.1. The first kappa shape index (κ1) is 15.4. The number of amides is 2. The fourth-order valence-corrected chi connectivity index (χ4v) is 4.08. The number of carbonyl (C=O) groups is 2. The Morgan fingerprint density at radius 3 is 2.83 bits per heavy atom. The molecule has 0 saturated carbocycles. The minimum absolute atomic E-state index is 0.0660. The topological polar surface area (TPSA) is 58.4 Å². The Kier molecular flexibility index (Phi) is 4.12. The fraction of sp³-hybridized carbons (Fsp3) is 0.611. The van der Waals surface area contributed by atoms with Gasteiger partial charge in [0.05, 0.1) is 18.3 Å². The summed E-state index contributed by atoms with van der Waals surface area (Å²) in [6, 6.07) is 2.08. The van der Waals surface area contributed by atoms with Crippen LogP contribution in [0.25, 0.3) is 0 Å². The minimum Gasteiger partial charge on any atom is -0.341 e. The van der Waals surface area contributed by atoms with E-state index in [0.717, 1.165) is 44.5 Å². The first-order chi connectivity index (χ1) is 11.7. The number of hydrogen-bond donors (Lipinski definition) is 0. The summed E-state index contributed by atoms with van der Waals surface area (Å²) in [6.45, 7) is 2.90. The SMILES string of the molecule is O=C1CCCN1CC1CCn2nccc2CN1C(=O)C1CC=CC1. The zero-order valence-corrected chi connectivity index (χ0v) is 13.9. The highest BCUT2D eigenvalue weighted by Gasteiger charge is 2.34. The third-order valence-corrected chi connectivity index (χ3v) is 5.49. The van der Waals surface area contributed by atoms with E-state index in [4.69, 9.17) is 0 Å². The molecule has 6 nitrogen and oxygen atoms in total. The van der Waals surface area contributed by atoms with Gasteiger partial charge in [-0.3, -0.25) is 14.3 Å². The van der Waals surface area contributed by atoms with Gasteiger partial charge in [0.25, 0.3) is 0 Å². The molecule has 2 amide bonds. The van der Waals surface area contributed by atoms with E-state index in [1.165, 1.54) is 0 Å². The average molecular weight is 328 g/mol. The van der Waals surface area contributed by atoms with Crippen LogP contribution >= 0.6 is 0 Å². The lowest BCUT2D eigenvalue weighted by molar-refractivity contribution is -0.140. The van der Waals surface area contributed by atoms with Crippen LogP contribution in [0.15, 0.2) is 24.4 Å². The number of aryl methyl sites for hydroxylation is 1. The molecule has 6 heteroatoms. The van der Waals surface area contributed by atoms with Crippen LogP contribution in [0.2, 0.25) is 0 Å². The Labute approximate surface area is 142 Å². The highest BCUT2D eigenvalue weighted by molar-refractivity contribution is 5.80. The maximum absolute atomic E-state index is 13.1. The number of hydrogen-bond acceptors (Lipinski definition) is 3. The van der Waals surface area contributed by atoms with Crippen LogP contribution in [0.4, 0.5) is 0 Å². The number of carbonyl (C=O) groups excluding carboxylic acids is 2. The average Bonchev–Trinajstić information content (AvgIpc) is 3.30. The molecule has 3 heterocycles. The summed E-state index contributed by atoms with van der Waals surface area (Å²) in [6.07, 6.45) is 10.1. The summed E-state index contributed by atoms with van der Waals surface area (Å²) in [5.41, 5.74) is 1.09. The van der Waals surface area contributed by atoms with Crippen LogP contribution in [0.3, 0.4) is 0 Å². The van der Waals surface area contributed by atoms with Crippen molar-refractivity contribution in [1.29, 1.82) is 0 Å². The second-order valence-corrected chi connectivity index (χ2v) is 7.04. The fourth-order valence-electron chi connectivity index (χ4n) is 4.08. The molecule has 0 aromatic carbocycles. The molecular weight excluding hydrogens is 304 g/mol. The standard InChI is InChI=1S/C18H24N4O2/c23-17-6-3-10-20(17)12-15-8-11-22-16(7-9-19-22)13-21(15)18(24)14-4-1-2-5-14/h1-2,7,9,14-15H,3-6,8,10-13H2. The zero-order chi connectivity index (χ0) is 16.5. The third kappa shape index (κ3) is 2.85. The number of allylic oxidation sites excluding steroid dienone is 2. The van der Waals surface area contributed by atoms with Crippen molar-refractivity contribution in [3.05, 3.63) is 30.1 Å². The maximum atomic E-state index is 13.1. The number of fused-ring (bicyclic) bond motifs is 1. The van der Waals surface area contributed by atoms with Crippen molar-refractivity contribution < 1.29 is 9.59 Å². The summed E-state index contributed by atoms with van der Waals surface area (Å²) in [5.74, 6) is 0.523. The van der Waals surface area contributed by atoms with Gasteiger partial charge >= 0.3 is 0 Å². The van der Waals surface area contributed by atoms with E-state index >= 15 is 0 Å². The van der Waals surface area contributed by atoms with Crippen molar-refractivity contribution in [2.45, 2.75) is 51.2 Å². The van der Waals surface area contributed by atoms with Crippen LogP contribution in [-0.4, -0.2) is 50.5 Å². The molecule has 1 atom stereocenters. The van der Waals surface area contributed by atoms with Gasteiger partial charge in [-0.05, 0) is 31.7 Å². The highest BCUT2D eigenvalue weighted by Crippen LogP contribution is 2.26. The normalized spacial score (nSPS) is 24.5. The van der Waals surface area contributed by atoms with Crippen LogP contribution in [0.1, 0.15) is 37.8 Å². The lowest BCUT2D eigenvalue weighted by Crippen LogP contribution is -2.48. The Morgan fingerprint density at radius 2 is 2.08 bits per heavy atom. The molecule has 1 aliphatic carbocycles. The van der Waals surface area contributed by atoms with Gasteiger partial charge in [0.1, 0.15) is 0 Å². The van der Waals surface area contributed by atoms with Crippen molar-refractivity contribution in [2.75, 3.05) is 13.1 Å². The van der Waals surface area contributed by atoms with E-state index < -0.39 is 0 Å². The minimum atomic E-state index is 0.0660. The van der Waals surface area contributed by atoms with Gasteiger partial charge in [-0.15, -0.1) is 0 Å². The molecule has 0 N–H and O–H groups in total. The molecule has 24 heavy (non-hydrogen) atoms. The molecule has 0 spiro atoms. The van der Waals surface area contributed by atoms with Gasteiger partial charge < -0.3 is 9.80 Å². The molecule has 1 saturated heterocycles. The lowest BCUT2D eigenvalue weighted by Gasteiger charge is -2.34. The van der Waals surface area contributed by atoms with Crippen LogP contribution in [-0.2, 0) is 22.7 Å². The van der Waals surface area contributed by atoms with Crippen molar-refractivity contribution in [1.82, 2.24) is 19.6 Å². The Morgan fingerprint density at radius 1 is 1.25 bits per heavy atom. The molecule has 1 fully saturated rings. The van der Waals surface area contributed by atoms with Crippen molar-refractivity contribution >= 4 is 11.8 Å². The Balaban J connectivity index is 1.55. The largest absolute Gasteiger partial charge is 0.341 e. The Bertz CT molecular complexity index is 658. The molecule has 0 radical (unpaired) electrons. The first-order valence-corrected chi connectivity index (χ1v) is 8.96. The molecule has 2 aliphatic heterocycles. The second-order valence-electron chi connectivity index (χ2n) is 7.04. The molecule has 4 rings (SSSR count). The third-order valence-electron chi connectivity index (χ3n) is 5.49. The highest BCUT2D eigenvalue weighted by atomic mass is 16.2. The van der Waals surface area contributed by atoms with Crippen molar-refractivity contribution in [3.63, 3.8) is 0 Å². The first-order valence-electron chi connectivity index (χ1n) is 8.96. The zero-order valence-electron chi connectivity index (χ0n) is 13.9. The van der Waals surface area contributed by atoms with E-state index in [0.29, 0.717) is 19.5 Å². The predicted octanol–water partition coefficient (Wildman–Crippen LogP) is 1.57. The van der Waals surface area contributed by atoms with Gasteiger partial charge in [-0.25, -0.2) is 0 Å². The number of rotatable bonds is 3. The van der Waals surface area contributed by atoms with Gasteiger partial charge in [0.15, 0.2) is 0 Å². The summed E-state index contributed by atoms with van der Waals surface area (Å²) in [5, 5.41) is 4.38. The predicted molar refractivity (Wildman–Crippen MR) is 88.9 cm³/mol. The molecule has 1 aromatic rings. The van der Waals surface area contributed by atoms with Gasteiger partial charge in [-0.2, -0.15) is 5.10 Å². The van der Waals surface area contributed by atoms with E-state index in [2.05, 4.69) is 17.3 Å². The maximum Gasteiger partial charge on any atom is 0.226 e. The van der Waals surface area contributed by atoms with Gasteiger partial charge in [0.2, 0.25) is 11.8 Å². The van der Waals surface area contributed by atoms with Crippen LogP contribution in [0, 0.1) is 5.92 Å². The smallest absolute Gasteiger partial charge is 0.226 e. The van der Waals surface area contributed by atoms with Crippen molar-refractivity contribution in [3.8, 4) is 0 Å². The van der Waals surface area contributed by atoms with Crippen LogP contribution < -0.4 is 0 Å². The van der Waals surface area contributed by atoms with E-state index in [-0.39, 0.29) is 23.8 Å². The summed E-state index contributed by atoms with van der Waals surface area (Å²) in [7, 11) is 0. The number of aromatic nitrogens is 2. The summed E-state index contributed by atoms with van der Waals surface area (Å²) >= 11 is 0. The second kappa shape index (κ2) is 6.42. The summed E-state index contributed by atoms with van der Waals surface area (Å²) < 4.78 is 2.00. The molecule has 0 bridgehead atoms. The lowest BCUT2D eigenvalue weighted by atomic mass is 10.0. The van der Waals surface area contributed by atoms with E-state index in [1.54, 1.807) is 6.20 Å². The van der Waals surface area contributed by atoms with E-state index in [1.807, 2.05) is 20.5 Å². The van der Waals surface area contributed by atoms with Crippen LogP contribution in [0.5, 0.6) is 0 Å². The number of likely N-dealkylation sites (tertiary alicyclic amines) is 1. The monoisotopic (exact) mass is 328 g/mol. The molecular formula is C18H24N4O2. The van der Waals surface area contributed by atoms with E-state index in [9.17, 15) is 9.59 Å². The molecule has 1 unspecified atom stereocenters. The van der Waals surface area contributed by atoms with Crippen molar-refractivity contribution in [2.24, 2.45) is 5.92 Å². The van der Waals surface area contributed by atoms with Gasteiger partial charge in [0, 0.05) is 38.2 Å². The molecule has 3 aliphatic rings. The molecule has 128 valence electrons. The van der Waals surface area contributed by atoms with Gasteiger partial charge in [-0.1, -0.05) is 12.2 Å². The molecule has 1 aromatic heterocycles. The number of nitrogens with zero attached hydrogens (tertiary/aromatic N) is 4.